The van der Waals surface area contributed by atoms with E-state index in [1.807, 2.05) is 12.1 Å². The van der Waals surface area contributed by atoms with Crippen molar-refractivity contribution in [2.45, 2.75) is 24.2 Å². The second-order valence-corrected chi connectivity index (χ2v) is 6.82. The molecule has 0 saturated heterocycles. The minimum atomic E-state index is -0.157. The lowest BCUT2D eigenvalue weighted by Crippen LogP contribution is -2.12. The van der Waals surface area contributed by atoms with Gasteiger partial charge in [-0.25, -0.2) is 4.98 Å². The Labute approximate surface area is 129 Å². The molecule has 0 atom stereocenters. The zero-order chi connectivity index (χ0) is 13.4. The number of rotatable bonds is 2. The number of nitrogens with zero attached hydrogens (tertiary/aromatic N) is 1. The summed E-state index contributed by atoms with van der Waals surface area (Å²) in [5.74, 6) is -0.157. The van der Waals surface area contributed by atoms with Crippen LogP contribution in [0.15, 0.2) is 27.6 Å². The summed E-state index contributed by atoms with van der Waals surface area (Å²) in [7, 11) is 0. The maximum atomic E-state index is 12.2. The highest BCUT2D eigenvalue weighted by atomic mass is 79.9. The van der Waals surface area contributed by atoms with E-state index in [-0.39, 0.29) is 5.91 Å². The number of fused-ring (bicyclic) bond motifs is 1. The average Bonchev–Trinajstić information content (AvgIpc) is 2.92. The standard InChI is InChI=1S/C13H11BrN2OS2/c14-9-5-4-7(18)6-8(9)12(17)16-13-15-10-2-1-3-11(10)19-13/h4-6,18H,1-3H2,(H,15,16,17). The predicted octanol–water partition coefficient (Wildman–Crippen LogP) is 3.94. The molecule has 1 aliphatic carbocycles. The molecule has 98 valence electrons. The Hall–Kier alpha value is -0.850. The lowest BCUT2D eigenvalue weighted by atomic mass is 10.2. The number of aryl methyl sites for hydroxylation is 2. The van der Waals surface area contributed by atoms with Crippen molar-refractivity contribution in [3.05, 3.63) is 38.8 Å². The first-order chi connectivity index (χ1) is 9.13. The highest BCUT2D eigenvalue weighted by Crippen LogP contribution is 2.31. The molecule has 0 bridgehead atoms. The lowest BCUT2D eigenvalue weighted by Gasteiger charge is -2.05. The first kappa shape index (κ1) is 13.1. The zero-order valence-electron chi connectivity index (χ0n) is 9.94. The number of thiol groups is 1. The van der Waals surface area contributed by atoms with Gasteiger partial charge in [0.05, 0.1) is 11.3 Å². The van der Waals surface area contributed by atoms with Gasteiger partial charge in [-0.05, 0) is 53.4 Å². The van der Waals surface area contributed by atoms with Crippen molar-refractivity contribution in [2.75, 3.05) is 5.32 Å². The van der Waals surface area contributed by atoms with Gasteiger partial charge in [-0.3, -0.25) is 10.1 Å². The Balaban J connectivity index is 1.82. The van der Waals surface area contributed by atoms with Crippen LogP contribution in [-0.2, 0) is 12.8 Å². The molecule has 6 heteroatoms. The molecule has 0 unspecified atom stereocenters. The highest BCUT2D eigenvalue weighted by Gasteiger charge is 2.18. The Morgan fingerprint density at radius 1 is 1.42 bits per heavy atom. The van der Waals surface area contributed by atoms with Gasteiger partial charge in [0, 0.05) is 14.2 Å². The van der Waals surface area contributed by atoms with Crippen LogP contribution in [-0.4, -0.2) is 10.9 Å². The molecule has 0 radical (unpaired) electrons. The van der Waals surface area contributed by atoms with Crippen LogP contribution in [0.25, 0.3) is 0 Å². The van der Waals surface area contributed by atoms with Crippen LogP contribution >= 0.6 is 39.9 Å². The van der Waals surface area contributed by atoms with Crippen LogP contribution in [0.1, 0.15) is 27.3 Å². The summed E-state index contributed by atoms with van der Waals surface area (Å²) >= 11 is 9.21. The molecule has 19 heavy (non-hydrogen) atoms. The molecule has 1 aliphatic rings. The minimum absolute atomic E-state index is 0.157. The van der Waals surface area contributed by atoms with Crippen LogP contribution in [0, 0.1) is 0 Å². The van der Waals surface area contributed by atoms with Gasteiger partial charge in [-0.1, -0.05) is 0 Å². The molecule has 3 nitrogen and oxygen atoms in total. The number of anilines is 1. The van der Waals surface area contributed by atoms with Gasteiger partial charge in [0.1, 0.15) is 0 Å². The molecular weight excluding hydrogens is 344 g/mol. The SMILES string of the molecule is O=C(Nc1nc2c(s1)CCC2)c1cc(S)ccc1Br. The fraction of sp³-hybridized carbons (Fsp3) is 0.231. The molecule has 2 aromatic rings. The number of halogens is 1. The molecule has 0 aliphatic heterocycles. The van der Waals surface area contributed by atoms with Crippen LogP contribution in [0.3, 0.4) is 0 Å². The molecule has 1 aromatic heterocycles. The number of carbonyl (C=O) groups is 1. The van der Waals surface area contributed by atoms with E-state index in [1.54, 1.807) is 17.4 Å². The second kappa shape index (κ2) is 5.26. The molecule has 1 N–H and O–H groups in total. The monoisotopic (exact) mass is 354 g/mol. The van der Waals surface area contributed by atoms with E-state index in [4.69, 9.17) is 0 Å². The summed E-state index contributed by atoms with van der Waals surface area (Å²) in [5.41, 5.74) is 1.71. The van der Waals surface area contributed by atoms with Gasteiger partial charge in [-0.2, -0.15) is 0 Å². The molecule has 0 saturated carbocycles. The third-order valence-corrected chi connectivity index (χ3v) is 5.05. The zero-order valence-corrected chi connectivity index (χ0v) is 13.2. The molecule has 1 aromatic carbocycles. The molecule has 1 heterocycles. The first-order valence-corrected chi connectivity index (χ1v) is 7.97. The number of hydrogen-bond donors (Lipinski definition) is 2. The number of thiazole rings is 1. The first-order valence-electron chi connectivity index (χ1n) is 5.92. The summed E-state index contributed by atoms with van der Waals surface area (Å²) in [6, 6.07) is 5.39. The van der Waals surface area contributed by atoms with Gasteiger partial charge >= 0.3 is 0 Å². The summed E-state index contributed by atoms with van der Waals surface area (Å²) in [5, 5.41) is 3.55. The summed E-state index contributed by atoms with van der Waals surface area (Å²) < 4.78 is 0.756. The van der Waals surface area contributed by atoms with Gasteiger partial charge < -0.3 is 0 Å². The third-order valence-electron chi connectivity index (χ3n) is 3.01. The Bertz CT molecular complexity index is 633. The van der Waals surface area contributed by atoms with E-state index in [0.717, 1.165) is 27.9 Å². The number of benzene rings is 1. The number of hydrogen-bond acceptors (Lipinski definition) is 4. The van der Waals surface area contributed by atoms with E-state index < -0.39 is 0 Å². The van der Waals surface area contributed by atoms with Crippen molar-refractivity contribution in [3.8, 4) is 0 Å². The molecule has 0 spiro atoms. The normalized spacial score (nSPS) is 13.4. The van der Waals surface area contributed by atoms with E-state index in [9.17, 15) is 4.79 Å². The Kier molecular flexibility index (Phi) is 3.64. The van der Waals surface area contributed by atoms with E-state index in [2.05, 4.69) is 38.9 Å². The summed E-state index contributed by atoms with van der Waals surface area (Å²) in [6.45, 7) is 0. The summed E-state index contributed by atoms with van der Waals surface area (Å²) in [6.07, 6.45) is 3.28. The predicted molar refractivity (Wildman–Crippen MR) is 83.5 cm³/mol. The number of carbonyl (C=O) groups excluding carboxylic acids is 1. The van der Waals surface area contributed by atoms with Gasteiger partial charge in [0.25, 0.3) is 5.91 Å². The van der Waals surface area contributed by atoms with Gasteiger partial charge in [0.2, 0.25) is 0 Å². The molecular formula is C13H11BrN2OS2. The van der Waals surface area contributed by atoms with Gasteiger partial charge in [-0.15, -0.1) is 24.0 Å². The third kappa shape index (κ3) is 2.70. The number of nitrogens with one attached hydrogen (secondary N) is 1. The second-order valence-electron chi connectivity index (χ2n) is 4.36. The average molecular weight is 355 g/mol. The fourth-order valence-corrected chi connectivity index (χ4v) is 3.77. The van der Waals surface area contributed by atoms with Gasteiger partial charge in [0.15, 0.2) is 5.13 Å². The lowest BCUT2D eigenvalue weighted by molar-refractivity contribution is 0.102. The van der Waals surface area contributed by atoms with Crippen molar-refractivity contribution in [1.82, 2.24) is 4.98 Å². The van der Waals surface area contributed by atoms with E-state index in [1.165, 1.54) is 11.3 Å². The number of aromatic nitrogens is 1. The van der Waals surface area contributed by atoms with Crippen LogP contribution < -0.4 is 5.32 Å². The highest BCUT2D eigenvalue weighted by molar-refractivity contribution is 9.10. The topological polar surface area (TPSA) is 42.0 Å². The molecule has 1 amide bonds. The minimum Gasteiger partial charge on any atom is -0.298 e. The largest absolute Gasteiger partial charge is 0.298 e. The van der Waals surface area contributed by atoms with E-state index in [0.29, 0.717) is 10.7 Å². The maximum absolute atomic E-state index is 12.2. The quantitative estimate of drug-likeness (QED) is 0.802. The van der Waals surface area contributed by atoms with Crippen molar-refractivity contribution in [1.29, 1.82) is 0 Å². The maximum Gasteiger partial charge on any atom is 0.258 e. The van der Waals surface area contributed by atoms with E-state index >= 15 is 0 Å². The summed E-state index contributed by atoms with van der Waals surface area (Å²) in [4.78, 5) is 18.7. The number of amides is 1. The van der Waals surface area contributed by atoms with Crippen molar-refractivity contribution >= 4 is 50.9 Å². The molecule has 0 fully saturated rings. The van der Waals surface area contributed by atoms with Crippen LogP contribution in [0.5, 0.6) is 0 Å². The smallest absolute Gasteiger partial charge is 0.258 e. The van der Waals surface area contributed by atoms with Crippen LogP contribution in [0.2, 0.25) is 0 Å². The van der Waals surface area contributed by atoms with Crippen molar-refractivity contribution < 1.29 is 4.79 Å². The Morgan fingerprint density at radius 2 is 2.26 bits per heavy atom. The fourth-order valence-electron chi connectivity index (χ4n) is 2.10. The van der Waals surface area contributed by atoms with Crippen LogP contribution in [0.4, 0.5) is 5.13 Å². The van der Waals surface area contributed by atoms with Crippen molar-refractivity contribution in [2.24, 2.45) is 0 Å². The molecule has 3 rings (SSSR count). The Morgan fingerprint density at radius 3 is 3.05 bits per heavy atom. The van der Waals surface area contributed by atoms with Crippen molar-refractivity contribution in [3.63, 3.8) is 0 Å².